The third-order valence-corrected chi connectivity index (χ3v) is 4.81. The first-order valence-corrected chi connectivity index (χ1v) is 9.38. The predicted molar refractivity (Wildman–Crippen MR) is 89.1 cm³/mol. The Morgan fingerprint density at radius 2 is 1.61 bits per heavy atom. The van der Waals surface area contributed by atoms with Gasteiger partial charge in [-0.3, -0.25) is 0 Å². The zero-order valence-electron chi connectivity index (χ0n) is 14.3. The molecule has 0 saturated heterocycles. The van der Waals surface area contributed by atoms with E-state index < -0.39 is 10.1 Å². The Balaban J connectivity index is 0.00000264. The summed E-state index contributed by atoms with van der Waals surface area (Å²) in [6, 6.07) is 8.97. The summed E-state index contributed by atoms with van der Waals surface area (Å²) < 4.78 is 33.7. The molecule has 0 radical (unpaired) electrons. The van der Waals surface area contributed by atoms with Gasteiger partial charge in [0.25, 0.3) is 0 Å². The van der Waals surface area contributed by atoms with Crippen molar-refractivity contribution in [3.05, 3.63) is 41.5 Å². The van der Waals surface area contributed by atoms with E-state index in [0.29, 0.717) is 0 Å². The average Bonchev–Trinajstić information content (AvgIpc) is 2.49. The van der Waals surface area contributed by atoms with Gasteiger partial charge < -0.3 is 4.55 Å². The molecule has 120 valence electrons. The largest absolute Gasteiger partial charge is 1.00 e. The van der Waals surface area contributed by atoms with Gasteiger partial charge in [-0.05, 0) is 59.7 Å². The van der Waals surface area contributed by atoms with E-state index in [9.17, 15) is 13.0 Å². The molecule has 0 aliphatic heterocycles. The molecule has 2 aromatic rings. The molecule has 0 amide bonds. The summed E-state index contributed by atoms with van der Waals surface area (Å²) in [4.78, 5) is -0.144. The van der Waals surface area contributed by atoms with Gasteiger partial charge in [0.05, 0.1) is 4.90 Å². The Morgan fingerprint density at radius 1 is 0.957 bits per heavy atom. The van der Waals surface area contributed by atoms with Gasteiger partial charge >= 0.3 is 51.4 Å². The van der Waals surface area contributed by atoms with Gasteiger partial charge in [0.2, 0.25) is 0 Å². The van der Waals surface area contributed by atoms with Gasteiger partial charge in [0.15, 0.2) is 0 Å². The molecule has 3 nitrogen and oxygen atoms in total. The van der Waals surface area contributed by atoms with Gasteiger partial charge in [-0.2, -0.15) is 0 Å². The number of hydrogen-bond donors (Lipinski definition) is 0. The van der Waals surface area contributed by atoms with Crippen molar-refractivity contribution in [2.45, 2.75) is 57.3 Å². The van der Waals surface area contributed by atoms with Crippen molar-refractivity contribution in [3.63, 3.8) is 0 Å². The summed E-state index contributed by atoms with van der Waals surface area (Å²) in [5, 5.41) is 1.91. The molecule has 23 heavy (non-hydrogen) atoms. The Hall–Kier alpha value is 0.246. The van der Waals surface area contributed by atoms with Crippen molar-refractivity contribution in [2.75, 3.05) is 0 Å². The SMILES string of the molecule is CCCCc1cc(CCCC)c2ccc(S(=O)(=O)[O-])cc2c1.[K+]. The van der Waals surface area contributed by atoms with Gasteiger partial charge in [0, 0.05) is 0 Å². The number of benzene rings is 2. The standard InChI is InChI=1S/C18H24O3S.K/c1-3-5-7-14-11-15(8-6-4-2)18-10-9-17(22(19,20)21)13-16(18)12-14;/h9-13H,3-8H2,1-2H3,(H,19,20,21);/q;+1/p-1. The maximum atomic E-state index is 11.2. The second-order valence-electron chi connectivity index (χ2n) is 5.80. The van der Waals surface area contributed by atoms with Crippen molar-refractivity contribution >= 4 is 20.9 Å². The molecule has 0 atom stereocenters. The minimum absolute atomic E-state index is 0. The fourth-order valence-corrected chi connectivity index (χ4v) is 3.26. The van der Waals surface area contributed by atoms with Crippen LogP contribution in [0.2, 0.25) is 0 Å². The smallest absolute Gasteiger partial charge is 0.744 e. The minimum Gasteiger partial charge on any atom is -0.744 e. The summed E-state index contributed by atoms with van der Waals surface area (Å²) in [7, 11) is -4.40. The molecule has 0 aromatic heterocycles. The van der Waals surface area contributed by atoms with E-state index in [2.05, 4.69) is 19.9 Å². The third kappa shape index (κ3) is 5.92. The van der Waals surface area contributed by atoms with Crippen LogP contribution < -0.4 is 51.4 Å². The Morgan fingerprint density at radius 3 is 2.22 bits per heavy atom. The summed E-state index contributed by atoms with van der Waals surface area (Å²) in [6.45, 7) is 4.31. The van der Waals surface area contributed by atoms with Crippen LogP contribution >= 0.6 is 0 Å². The molecule has 0 saturated carbocycles. The number of hydrogen-bond acceptors (Lipinski definition) is 3. The predicted octanol–water partition coefficient (Wildman–Crippen LogP) is 1.43. The van der Waals surface area contributed by atoms with E-state index in [1.54, 1.807) is 6.07 Å². The van der Waals surface area contributed by atoms with Crippen LogP contribution in [0.4, 0.5) is 0 Å². The number of fused-ring (bicyclic) bond motifs is 1. The van der Waals surface area contributed by atoms with Crippen LogP contribution in [-0.4, -0.2) is 13.0 Å². The molecule has 0 aliphatic carbocycles. The summed E-state index contributed by atoms with van der Waals surface area (Å²) in [6.07, 6.45) is 6.42. The van der Waals surface area contributed by atoms with Crippen molar-refractivity contribution in [2.24, 2.45) is 0 Å². The van der Waals surface area contributed by atoms with Crippen LogP contribution in [-0.2, 0) is 23.0 Å². The summed E-state index contributed by atoms with van der Waals surface area (Å²) in [5.74, 6) is 0. The van der Waals surface area contributed by atoms with E-state index in [0.717, 1.165) is 49.3 Å². The molecule has 0 bridgehead atoms. The van der Waals surface area contributed by atoms with Crippen LogP contribution in [0, 0.1) is 0 Å². The first-order valence-electron chi connectivity index (χ1n) is 7.97. The van der Waals surface area contributed by atoms with E-state index in [1.807, 2.05) is 6.07 Å². The number of aryl methyl sites for hydroxylation is 2. The molecule has 5 heteroatoms. The Bertz CT molecular complexity index is 754. The van der Waals surface area contributed by atoms with E-state index in [4.69, 9.17) is 0 Å². The van der Waals surface area contributed by atoms with Crippen LogP contribution in [0.15, 0.2) is 35.2 Å². The van der Waals surface area contributed by atoms with Gasteiger partial charge in [-0.25, -0.2) is 8.42 Å². The third-order valence-electron chi connectivity index (χ3n) is 3.98. The second-order valence-corrected chi connectivity index (χ2v) is 7.18. The average molecular weight is 359 g/mol. The first-order chi connectivity index (χ1) is 10.5. The van der Waals surface area contributed by atoms with Crippen molar-refractivity contribution in [1.29, 1.82) is 0 Å². The fourth-order valence-electron chi connectivity index (χ4n) is 2.75. The fraction of sp³-hybridized carbons (Fsp3) is 0.444. The minimum atomic E-state index is -4.40. The molecule has 2 rings (SSSR count). The molecule has 0 N–H and O–H groups in total. The first kappa shape index (κ1) is 21.3. The van der Waals surface area contributed by atoms with Crippen LogP contribution in [0.1, 0.15) is 50.7 Å². The topological polar surface area (TPSA) is 57.2 Å². The molecule has 0 heterocycles. The van der Waals surface area contributed by atoms with E-state index in [1.165, 1.54) is 23.3 Å². The molecule has 0 unspecified atom stereocenters. The quantitative estimate of drug-likeness (QED) is 0.556. The maximum Gasteiger partial charge on any atom is 1.00 e. The van der Waals surface area contributed by atoms with Crippen molar-refractivity contribution in [1.82, 2.24) is 0 Å². The maximum absolute atomic E-state index is 11.2. The van der Waals surface area contributed by atoms with Crippen molar-refractivity contribution < 1.29 is 64.4 Å². The Labute approximate surface area is 182 Å². The van der Waals surface area contributed by atoms with Crippen LogP contribution in [0.3, 0.4) is 0 Å². The molecular weight excluding hydrogens is 335 g/mol. The monoisotopic (exact) mass is 358 g/mol. The van der Waals surface area contributed by atoms with Gasteiger partial charge in [-0.15, -0.1) is 0 Å². The molecule has 0 fully saturated rings. The number of unbranched alkanes of at least 4 members (excludes halogenated alkanes) is 2. The Kier molecular flexibility index (Phi) is 8.94. The molecule has 0 spiro atoms. The second kappa shape index (κ2) is 9.66. The molecular formula is C18H23KO3S. The molecule has 2 aromatic carbocycles. The number of rotatable bonds is 7. The van der Waals surface area contributed by atoms with Gasteiger partial charge in [0.1, 0.15) is 10.1 Å². The zero-order valence-corrected chi connectivity index (χ0v) is 18.2. The molecule has 0 aliphatic rings. The van der Waals surface area contributed by atoms with E-state index >= 15 is 0 Å². The normalized spacial score (nSPS) is 11.4. The van der Waals surface area contributed by atoms with Gasteiger partial charge in [-0.1, -0.05) is 44.9 Å². The van der Waals surface area contributed by atoms with Crippen molar-refractivity contribution in [3.8, 4) is 0 Å². The van der Waals surface area contributed by atoms with Crippen LogP contribution in [0.25, 0.3) is 10.8 Å². The summed E-state index contributed by atoms with van der Waals surface area (Å²) >= 11 is 0. The van der Waals surface area contributed by atoms with E-state index in [-0.39, 0.29) is 56.3 Å². The summed E-state index contributed by atoms with van der Waals surface area (Å²) in [5.41, 5.74) is 2.47. The van der Waals surface area contributed by atoms with Crippen LogP contribution in [0.5, 0.6) is 0 Å². The zero-order chi connectivity index (χ0) is 16.2.